The topological polar surface area (TPSA) is 56.3 Å². The van der Waals surface area contributed by atoms with Crippen LogP contribution in [0.25, 0.3) is 0 Å². The highest BCUT2D eigenvalue weighted by atomic mass is 16.5. The predicted octanol–water partition coefficient (Wildman–Crippen LogP) is 3.44. The number of unbranched alkanes of at least 4 members (excludes halogenated alkanes) is 4. The fourth-order valence-electron chi connectivity index (χ4n) is 1.87. The molecule has 1 aromatic rings. The molecule has 1 heterocycles. The molecule has 1 aromatic heterocycles. The molecule has 0 amide bonds. The minimum Gasteiger partial charge on any atom is -0.460 e. The normalized spacial score (nSPS) is 10.2. The molecule has 1 rings (SSSR count). The van der Waals surface area contributed by atoms with Gasteiger partial charge in [0.2, 0.25) is 0 Å². The Kier molecular flexibility index (Phi) is 8.27. The maximum absolute atomic E-state index is 11.6. The van der Waals surface area contributed by atoms with E-state index in [2.05, 4.69) is 11.9 Å². The van der Waals surface area contributed by atoms with Crippen molar-refractivity contribution in [2.75, 3.05) is 0 Å². The monoisotopic (exact) mass is 277 g/mol. The third-order valence-electron chi connectivity index (χ3n) is 3.02. The van der Waals surface area contributed by atoms with Crippen molar-refractivity contribution in [2.45, 2.75) is 58.5 Å². The summed E-state index contributed by atoms with van der Waals surface area (Å²) in [5, 5.41) is 0. The summed E-state index contributed by atoms with van der Waals surface area (Å²) in [4.78, 5) is 27.0. The van der Waals surface area contributed by atoms with Crippen LogP contribution >= 0.6 is 0 Å². The highest BCUT2D eigenvalue weighted by molar-refractivity contribution is 5.95. The minimum absolute atomic E-state index is 0.0299. The molecular formula is C16H23NO3. The zero-order valence-corrected chi connectivity index (χ0v) is 12.1. The van der Waals surface area contributed by atoms with Crippen molar-refractivity contribution in [3.63, 3.8) is 0 Å². The number of carbonyl (C=O) groups is 2. The molecule has 4 heteroatoms. The van der Waals surface area contributed by atoms with Crippen molar-refractivity contribution in [3.8, 4) is 0 Å². The zero-order chi connectivity index (χ0) is 14.6. The summed E-state index contributed by atoms with van der Waals surface area (Å²) < 4.78 is 5.04. The Morgan fingerprint density at radius 3 is 2.70 bits per heavy atom. The van der Waals surface area contributed by atoms with Crippen LogP contribution in [-0.2, 0) is 20.9 Å². The molecule has 110 valence electrons. The summed E-state index contributed by atoms with van der Waals surface area (Å²) in [6.07, 6.45) is 9.15. The van der Waals surface area contributed by atoms with Crippen molar-refractivity contribution >= 4 is 11.8 Å². The summed E-state index contributed by atoms with van der Waals surface area (Å²) in [5.41, 5.74) is 0.827. The number of nitrogens with zero attached hydrogens (tertiary/aromatic N) is 1. The summed E-state index contributed by atoms with van der Waals surface area (Å²) in [6.45, 7) is 2.33. The summed E-state index contributed by atoms with van der Waals surface area (Å²) in [7, 11) is 0. The fourth-order valence-corrected chi connectivity index (χ4v) is 1.87. The zero-order valence-electron chi connectivity index (χ0n) is 12.1. The Morgan fingerprint density at radius 1 is 1.20 bits per heavy atom. The number of esters is 1. The van der Waals surface area contributed by atoms with Gasteiger partial charge in [0, 0.05) is 24.4 Å². The van der Waals surface area contributed by atoms with E-state index in [0.717, 1.165) is 24.8 Å². The fraction of sp³-hybridized carbons (Fsp3) is 0.562. The lowest BCUT2D eigenvalue weighted by Gasteiger charge is -2.04. The van der Waals surface area contributed by atoms with Gasteiger partial charge in [-0.25, -0.2) is 0 Å². The quantitative estimate of drug-likeness (QED) is 0.373. The molecule has 4 nitrogen and oxygen atoms in total. The molecule has 0 spiro atoms. The van der Waals surface area contributed by atoms with Crippen LogP contribution in [0.5, 0.6) is 0 Å². The Morgan fingerprint density at radius 2 is 2.00 bits per heavy atom. The van der Waals surface area contributed by atoms with Crippen LogP contribution in [0.1, 0.15) is 57.4 Å². The number of aromatic nitrogens is 1. The van der Waals surface area contributed by atoms with Gasteiger partial charge < -0.3 is 4.74 Å². The van der Waals surface area contributed by atoms with Crippen LogP contribution in [0.2, 0.25) is 0 Å². The Labute approximate surface area is 120 Å². The van der Waals surface area contributed by atoms with Gasteiger partial charge in [-0.15, -0.1) is 0 Å². The molecule has 20 heavy (non-hydrogen) atoms. The highest BCUT2D eigenvalue weighted by Crippen LogP contribution is 2.07. The van der Waals surface area contributed by atoms with Gasteiger partial charge in [0.25, 0.3) is 0 Å². The first kappa shape index (κ1) is 16.3. The SMILES string of the molecule is CCCCCCCC(=O)CC(=O)OCc1cccnc1. The first-order chi connectivity index (χ1) is 9.72. The van der Waals surface area contributed by atoms with Gasteiger partial charge in [-0.1, -0.05) is 38.7 Å². The lowest BCUT2D eigenvalue weighted by molar-refractivity contribution is -0.147. The van der Waals surface area contributed by atoms with Crippen molar-refractivity contribution in [3.05, 3.63) is 30.1 Å². The predicted molar refractivity (Wildman–Crippen MR) is 77.0 cm³/mol. The molecule has 0 aromatic carbocycles. The van der Waals surface area contributed by atoms with E-state index < -0.39 is 5.97 Å². The third kappa shape index (κ3) is 7.67. The molecule has 0 aliphatic rings. The smallest absolute Gasteiger partial charge is 0.313 e. The number of rotatable bonds is 10. The van der Waals surface area contributed by atoms with E-state index in [4.69, 9.17) is 4.74 Å². The van der Waals surface area contributed by atoms with Crippen LogP contribution in [-0.4, -0.2) is 16.7 Å². The average molecular weight is 277 g/mol. The van der Waals surface area contributed by atoms with Gasteiger partial charge in [-0.2, -0.15) is 0 Å². The van der Waals surface area contributed by atoms with Crippen LogP contribution in [0, 0.1) is 0 Å². The number of ketones is 1. The van der Waals surface area contributed by atoms with E-state index in [9.17, 15) is 9.59 Å². The van der Waals surface area contributed by atoms with E-state index in [1.165, 1.54) is 12.8 Å². The molecule has 0 N–H and O–H groups in total. The van der Waals surface area contributed by atoms with Crippen molar-refractivity contribution in [1.29, 1.82) is 0 Å². The number of carbonyl (C=O) groups excluding carboxylic acids is 2. The second-order valence-electron chi connectivity index (χ2n) is 4.90. The summed E-state index contributed by atoms with van der Waals surface area (Å²) in [6, 6.07) is 3.61. The first-order valence-electron chi connectivity index (χ1n) is 7.28. The van der Waals surface area contributed by atoms with E-state index in [0.29, 0.717) is 6.42 Å². The molecular weight excluding hydrogens is 254 g/mol. The number of hydrogen-bond donors (Lipinski definition) is 0. The number of ether oxygens (including phenoxy) is 1. The van der Waals surface area contributed by atoms with E-state index >= 15 is 0 Å². The van der Waals surface area contributed by atoms with Gasteiger partial charge in [0.15, 0.2) is 0 Å². The van der Waals surface area contributed by atoms with Crippen LogP contribution < -0.4 is 0 Å². The van der Waals surface area contributed by atoms with Gasteiger partial charge >= 0.3 is 5.97 Å². The molecule has 0 saturated carbocycles. The molecule has 0 saturated heterocycles. The van der Waals surface area contributed by atoms with E-state index in [-0.39, 0.29) is 18.8 Å². The van der Waals surface area contributed by atoms with Crippen molar-refractivity contribution in [2.24, 2.45) is 0 Å². The van der Waals surface area contributed by atoms with Gasteiger partial charge in [0.05, 0.1) is 0 Å². The molecule has 0 unspecified atom stereocenters. The second-order valence-corrected chi connectivity index (χ2v) is 4.90. The molecule has 0 fully saturated rings. The van der Waals surface area contributed by atoms with Crippen molar-refractivity contribution in [1.82, 2.24) is 4.98 Å². The standard InChI is InChI=1S/C16H23NO3/c1-2-3-4-5-6-9-15(18)11-16(19)20-13-14-8-7-10-17-12-14/h7-8,10,12H,2-6,9,11,13H2,1H3. The average Bonchev–Trinajstić information content (AvgIpc) is 2.46. The highest BCUT2D eigenvalue weighted by Gasteiger charge is 2.10. The Hall–Kier alpha value is -1.71. The third-order valence-corrected chi connectivity index (χ3v) is 3.02. The van der Waals surface area contributed by atoms with Crippen LogP contribution in [0.4, 0.5) is 0 Å². The molecule has 0 aliphatic carbocycles. The lowest BCUT2D eigenvalue weighted by Crippen LogP contribution is -2.11. The number of hydrogen-bond acceptors (Lipinski definition) is 4. The molecule has 0 atom stereocenters. The van der Waals surface area contributed by atoms with Gasteiger partial charge in [-0.3, -0.25) is 14.6 Å². The maximum atomic E-state index is 11.6. The second kappa shape index (κ2) is 10.1. The minimum atomic E-state index is -0.451. The Balaban J connectivity index is 2.10. The molecule has 0 radical (unpaired) electrons. The van der Waals surface area contributed by atoms with Crippen LogP contribution in [0.3, 0.4) is 0 Å². The first-order valence-corrected chi connectivity index (χ1v) is 7.28. The van der Waals surface area contributed by atoms with Crippen molar-refractivity contribution < 1.29 is 14.3 Å². The molecule has 0 aliphatic heterocycles. The van der Waals surface area contributed by atoms with E-state index in [1.807, 2.05) is 6.07 Å². The lowest BCUT2D eigenvalue weighted by atomic mass is 10.1. The maximum Gasteiger partial charge on any atom is 0.313 e. The summed E-state index contributed by atoms with van der Waals surface area (Å²) in [5.74, 6) is -0.481. The Bertz CT molecular complexity index is 403. The van der Waals surface area contributed by atoms with Crippen LogP contribution in [0.15, 0.2) is 24.5 Å². The number of Topliss-reactive ketones (excluding diaryl/α,β-unsaturated/α-hetero) is 1. The number of pyridine rings is 1. The largest absolute Gasteiger partial charge is 0.460 e. The molecule has 0 bridgehead atoms. The van der Waals surface area contributed by atoms with E-state index in [1.54, 1.807) is 18.5 Å². The van der Waals surface area contributed by atoms with Gasteiger partial charge in [0.1, 0.15) is 18.8 Å². The summed E-state index contributed by atoms with van der Waals surface area (Å²) >= 11 is 0. The van der Waals surface area contributed by atoms with Gasteiger partial charge in [-0.05, 0) is 12.5 Å².